The lowest BCUT2D eigenvalue weighted by Gasteiger charge is -2.34. The van der Waals surface area contributed by atoms with Crippen molar-refractivity contribution < 1.29 is 9.59 Å². The van der Waals surface area contributed by atoms with E-state index in [2.05, 4.69) is 10.3 Å². The van der Waals surface area contributed by atoms with E-state index >= 15 is 0 Å². The van der Waals surface area contributed by atoms with Crippen molar-refractivity contribution in [3.63, 3.8) is 0 Å². The molecule has 2 amide bonds. The molecule has 1 unspecified atom stereocenters. The maximum absolute atomic E-state index is 13.8. The Balaban J connectivity index is 1.45. The van der Waals surface area contributed by atoms with Crippen LogP contribution in [0.15, 0.2) is 54.7 Å². The normalized spacial score (nSPS) is 17.2. The summed E-state index contributed by atoms with van der Waals surface area (Å²) in [5, 5.41) is 4.38. The molecule has 0 saturated heterocycles. The van der Waals surface area contributed by atoms with E-state index in [1.54, 1.807) is 0 Å². The van der Waals surface area contributed by atoms with Gasteiger partial charge < -0.3 is 20.1 Å². The highest BCUT2D eigenvalue weighted by atomic mass is 16.2. The van der Waals surface area contributed by atoms with E-state index in [0.717, 1.165) is 66.2 Å². The molecule has 0 spiro atoms. The molecule has 2 aliphatic carbocycles. The molecule has 1 atom stereocenters. The first kappa shape index (κ1) is 23.5. The summed E-state index contributed by atoms with van der Waals surface area (Å²) in [6.07, 6.45) is 9.68. The average Bonchev–Trinajstić information content (AvgIpc) is 3.63. The van der Waals surface area contributed by atoms with Gasteiger partial charge in [0.25, 0.3) is 0 Å². The number of carbonyl (C=O) groups is 2. The van der Waals surface area contributed by atoms with Gasteiger partial charge in [-0.3, -0.25) is 9.59 Å². The fourth-order valence-corrected chi connectivity index (χ4v) is 5.36. The first-order chi connectivity index (χ1) is 17.0. The van der Waals surface area contributed by atoms with Crippen LogP contribution in [0.25, 0.3) is 10.9 Å². The SMILES string of the molecule is CN(C)c1ccc(C(C(=O)NC2CCCCC2)N(C(=O)Cc2c[nH]c3ccccc23)C2CC2)cc1. The van der Waals surface area contributed by atoms with Crippen LogP contribution in [0.2, 0.25) is 0 Å². The molecule has 5 rings (SSSR count). The van der Waals surface area contributed by atoms with Crippen molar-refractivity contribution in [2.75, 3.05) is 19.0 Å². The summed E-state index contributed by atoms with van der Waals surface area (Å²) >= 11 is 0. The molecule has 1 aromatic heterocycles. The van der Waals surface area contributed by atoms with Crippen molar-refractivity contribution in [1.82, 2.24) is 15.2 Å². The maximum Gasteiger partial charge on any atom is 0.247 e. The van der Waals surface area contributed by atoms with Crippen molar-refractivity contribution in [3.05, 3.63) is 65.9 Å². The van der Waals surface area contributed by atoms with Gasteiger partial charge in [-0.1, -0.05) is 49.6 Å². The molecule has 2 aromatic carbocycles. The molecule has 2 saturated carbocycles. The number of nitrogens with zero attached hydrogens (tertiary/aromatic N) is 2. The van der Waals surface area contributed by atoms with Crippen LogP contribution >= 0.6 is 0 Å². The Kier molecular flexibility index (Phi) is 6.80. The first-order valence-corrected chi connectivity index (χ1v) is 12.9. The van der Waals surface area contributed by atoms with E-state index in [9.17, 15) is 9.59 Å². The summed E-state index contributed by atoms with van der Waals surface area (Å²) in [4.78, 5) is 34.8. The standard InChI is InChI=1S/C29H36N4O2/c1-32(2)23-14-12-20(13-15-23)28(29(35)31-22-8-4-3-5-9-22)33(24-16-17-24)27(34)18-21-19-30-26-11-7-6-10-25(21)26/h6-7,10-15,19,22,24,28,30H,3-5,8-9,16-18H2,1-2H3,(H,31,35). The molecule has 3 aromatic rings. The first-order valence-electron chi connectivity index (χ1n) is 12.9. The highest BCUT2D eigenvalue weighted by Crippen LogP contribution is 2.36. The van der Waals surface area contributed by atoms with Crippen molar-refractivity contribution in [3.8, 4) is 0 Å². The Morgan fingerprint density at radius 2 is 1.69 bits per heavy atom. The Hall–Kier alpha value is -3.28. The molecule has 2 aliphatic rings. The van der Waals surface area contributed by atoms with Gasteiger partial charge >= 0.3 is 0 Å². The van der Waals surface area contributed by atoms with Gasteiger partial charge in [0.2, 0.25) is 11.8 Å². The van der Waals surface area contributed by atoms with Crippen molar-refractivity contribution >= 4 is 28.4 Å². The predicted molar refractivity (Wildman–Crippen MR) is 140 cm³/mol. The number of benzene rings is 2. The molecule has 1 heterocycles. The smallest absolute Gasteiger partial charge is 0.247 e. The number of nitrogens with one attached hydrogen (secondary N) is 2. The Morgan fingerprint density at radius 3 is 2.37 bits per heavy atom. The summed E-state index contributed by atoms with van der Waals surface area (Å²) in [5.74, 6) is -0.0357. The van der Waals surface area contributed by atoms with Crippen LogP contribution in [0, 0.1) is 0 Å². The monoisotopic (exact) mass is 472 g/mol. The lowest BCUT2D eigenvalue weighted by Crippen LogP contribution is -2.48. The number of hydrogen-bond donors (Lipinski definition) is 2. The molecular weight excluding hydrogens is 436 g/mol. The number of carbonyl (C=O) groups excluding carboxylic acids is 2. The minimum Gasteiger partial charge on any atom is -0.378 e. The van der Waals surface area contributed by atoms with Crippen LogP contribution in [0.5, 0.6) is 0 Å². The number of rotatable bonds is 8. The minimum atomic E-state index is -0.613. The predicted octanol–water partition coefficient (Wildman–Crippen LogP) is 4.96. The lowest BCUT2D eigenvalue weighted by atomic mass is 9.94. The van der Waals surface area contributed by atoms with E-state index < -0.39 is 6.04 Å². The van der Waals surface area contributed by atoms with Crippen LogP contribution in [0.4, 0.5) is 5.69 Å². The van der Waals surface area contributed by atoms with E-state index in [-0.39, 0.29) is 30.3 Å². The third-order valence-corrected chi connectivity index (χ3v) is 7.45. The molecule has 184 valence electrons. The van der Waals surface area contributed by atoms with Gasteiger partial charge in [0, 0.05) is 49.0 Å². The largest absolute Gasteiger partial charge is 0.378 e. The van der Waals surface area contributed by atoms with Crippen LogP contribution in [-0.2, 0) is 16.0 Å². The molecule has 6 heteroatoms. The number of para-hydroxylation sites is 1. The summed E-state index contributed by atoms with van der Waals surface area (Å²) in [6.45, 7) is 0. The van der Waals surface area contributed by atoms with Crippen LogP contribution in [0.3, 0.4) is 0 Å². The second-order valence-corrected chi connectivity index (χ2v) is 10.3. The number of aromatic nitrogens is 1. The third kappa shape index (κ3) is 5.21. The molecule has 0 bridgehead atoms. The molecule has 6 nitrogen and oxygen atoms in total. The molecule has 0 radical (unpaired) electrons. The molecular formula is C29H36N4O2. The summed E-state index contributed by atoms with van der Waals surface area (Å²) < 4.78 is 0. The number of H-pyrrole nitrogens is 1. The van der Waals surface area contributed by atoms with E-state index in [4.69, 9.17) is 0 Å². The molecule has 0 aliphatic heterocycles. The minimum absolute atomic E-state index is 0.0118. The highest BCUT2D eigenvalue weighted by molar-refractivity contribution is 5.93. The van der Waals surface area contributed by atoms with Crippen molar-refractivity contribution in [1.29, 1.82) is 0 Å². The fourth-order valence-electron chi connectivity index (χ4n) is 5.36. The fraction of sp³-hybridized carbons (Fsp3) is 0.448. The number of fused-ring (bicyclic) bond motifs is 1. The van der Waals surface area contributed by atoms with Gasteiger partial charge in [0.1, 0.15) is 6.04 Å². The van der Waals surface area contributed by atoms with Crippen LogP contribution in [-0.4, -0.2) is 47.9 Å². The topological polar surface area (TPSA) is 68.4 Å². The zero-order valence-corrected chi connectivity index (χ0v) is 20.8. The van der Waals surface area contributed by atoms with Gasteiger partial charge in [0.15, 0.2) is 0 Å². The quantitative estimate of drug-likeness (QED) is 0.487. The van der Waals surface area contributed by atoms with Crippen LogP contribution < -0.4 is 10.2 Å². The van der Waals surface area contributed by atoms with Gasteiger partial charge in [-0.05, 0) is 55.0 Å². The summed E-state index contributed by atoms with van der Waals surface area (Å²) in [6, 6.07) is 15.8. The molecule has 2 fully saturated rings. The number of hydrogen-bond acceptors (Lipinski definition) is 3. The number of aromatic amines is 1. The number of amides is 2. The summed E-state index contributed by atoms with van der Waals surface area (Å²) in [5.41, 5.74) is 3.95. The van der Waals surface area contributed by atoms with E-state index in [1.807, 2.05) is 78.6 Å². The molecule has 35 heavy (non-hydrogen) atoms. The second-order valence-electron chi connectivity index (χ2n) is 10.3. The second kappa shape index (κ2) is 10.1. The zero-order chi connectivity index (χ0) is 24.4. The lowest BCUT2D eigenvalue weighted by molar-refractivity contribution is -0.141. The van der Waals surface area contributed by atoms with E-state index in [1.165, 1.54) is 6.42 Å². The van der Waals surface area contributed by atoms with Crippen LogP contribution in [0.1, 0.15) is 62.1 Å². The third-order valence-electron chi connectivity index (χ3n) is 7.45. The van der Waals surface area contributed by atoms with Crippen molar-refractivity contribution in [2.24, 2.45) is 0 Å². The van der Waals surface area contributed by atoms with Gasteiger partial charge in [0.05, 0.1) is 6.42 Å². The summed E-state index contributed by atoms with van der Waals surface area (Å²) in [7, 11) is 4.01. The zero-order valence-electron chi connectivity index (χ0n) is 20.8. The van der Waals surface area contributed by atoms with Gasteiger partial charge in [-0.2, -0.15) is 0 Å². The average molecular weight is 473 g/mol. The molecule has 2 N–H and O–H groups in total. The Morgan fingerprint density at radius 1 is 0.971 bits per heavy atom. The maximum atomic E-state index is 13.8. The van der Waals surface area contributed by atoms with Gasteiger partial charge in [-0.15, -0.1) is 0 Å². The highest BCUT2D eigenvalue weighted by Gasteiger charge is 2.41. The Bertz CT molecular complexity index is 1170. The van der Waals surface area contributed by atoms with Gasteiger partial charge in [-0.25, -0.2) is 0 Å². The number of anilines is 1. The van der Waals surface area contributed by atoms with E-state index in [0.29, 0.717) is 0 Å². The Labute approximate surface area is 207 Å². The van der Waals surface area contributed by atoms with Crippen molar-refractivity contribution in [2.45, 2.75) is 69.5 Å².